The van der Waals surface area contributed by atoms with E-state index in [0.29, 0.717) is 21.2 Å². The molecule has 4 rings (SSSR count). The van der Waals surface area contributed by atoms with Gasteiger partial charge in [-0.1, -0.05) is 47.4 Å². The quantitative estimate of drug-likeness (QED) is 0.169. The lowest BCUT2D eigenvalue weighted by Gasteiger charge is -2.49. The molecule has 16 heteroatoms. The number of fused-ring (bicyclic) bond motifs is 1. The van der Waals surface area contributed by atoms with Crippen LogP contribution >= 0.6 is 46.5 Å². The van der Waals surface area contributed by atoms with Crippen molar-refractivity contribution in [3.63, 3.8) is 0 Å². The van der Waals surface area contributed by atoms with Crippen molar-refractivity contribution in [1.82, 2.24) is 20.4 Å². The highest BCUT2D eigenvalue weighted by atomic mass is 35.5. The minimum atomic E-state index is -4.87. The van der Waals surface area contributed by atoms with Crippen LogP contribution < -0.4 is 5.32 Å². The molecule has 0 saturated carbocycles. The molecule has 1 aromatic heterocycles. The van der Waals surface area contributed by atoms with E-state index in [1.165, 1.54) is 59.1 Å². The molecule has 2 aromatic rings. The van der Waals surface area contributed by atoms with E-state index in [0.717, 1.165) is 9.91 Å². The van der Waals surface area contributed by atoms with Crippen LogP contribution in [0, 0.1) is 6.92 Å². The summed E-state index contributed by atoms with van der Waals surface area (Å²) in [6.45, 7) is 1.80. The third kappa shape index (κ3) is 5.40. The number of halogens is 1. The van der Waals surface area contributed by atoms with Gasteiger partial charge in [0.2, 0.25) is 5.91 Å². The Hall–Kier alpha value is -2.17. The number of carboxylic acid groups (broad SMARTS) is 1. The number of aliphatic carboxylic acids is 1. The fourth-order valence-corrected chi connectivity index (χ4v) is 8.07. The molecular weight excluding hydrogens is 572 g/mol. The second-order valence-corrected chi connectivity index (χ2v) is 13.1. The Morgan fingerprint density at radius 2 is 2.00 bits per heavy atom. The number of thioether (sulfide) groups is 2. The van der Waals surface area contributed by atoms with Crippen LogP contribution in [-0.4, -0.2) is 73.9 Å². The Balaban J connectivity index is 1.51. The van der Waals surface area contributed by atoms with Crippen molar-refractivity contribution >= 4 is 74.4 Å². The summed E-state index contributed by atoms with van der Waals surface area (Å²) in [6, 6.07) is 4.60. The Kier molecular flexibility index (Phi) is 7.97. The number of nitrogens with one attached hydrogen (secondary N) is 1. The van der Waals surface area contributed by atoms with Crippen molar-refractivity contribution in [2.75, 3.05) is 11.5 Å². The summed E-state index contributed by atoms with van der Waals surface area (Å²) < 4.78 is 34.4. The van der Waals surface area contributed by atoms with Crippen LogP contribution in [-0.2, 0) is 30.4 Å². The zero-order chi connectivity index (χ0) is 26.2. The fourth-order valence-electron chi connectivity index (χ4n) is 3.75. The second kappa shape index (κ2) is 10.7. The highest BCUT2D eigenvalue weighted by molar-refractivity contribution is 8.01. The Morgan fingerprint density at radius 1 is 1.31 bits per heavy atom. The third-order valence-electron chi connectivity index (χ3n) is 5.40. The molecule has 1 fully saturated rings. The molecule has 192 valence electrons. The molecule has 3 heterocycles. The summed E-state index contributed by atoms with van der Waals surface area (Å²) in [5.74, 6) is -2.30. The molecule has 3 atom stereocenters. The van der Waals surface area contributed by atoms with Crippen molar-refractivity contribution in [3.05, 3.63) is 51.7 Å². The van der Waals surface area contributed by atoms with Crippen LogP contribution in [0.25, 0.3) is 0 Å². The first-order valence-electron chi connectivity index (χ1n) is 10.3. The Labute approximate surface area is 223 Å². The molecule has 2 amide bonds. The van der Waals surface area contributed by atoms with E-state index < -0.39 is 44.6 Å². The van der Waals surface area contributed by atoms with E-state index in [-0.39, 0.29) is 22.9 Å². The number of carbonyl (C=O) groups is 3. The number of rotatable bonds is 9. The van der Waals surface area contributed by atoms with Gasteiger partial charge in [-0.15, -0.1) is 33.6 Å². The summed E-state index contributed by atoms with van der Waals surface area (Å²) in [6.07, 6.45) is 0. The number of amides is 2. The van der Waals surface area contributed by atoms with Crippen molar-refractivity contribution in [3.8, 4) is 0 Å². The smallest absolute Gasteiger partial charge is 0.352 e. The maximum Gasteiger partial charge on any atom is 0.352 e. The summed E-state index contributed by atoms with van der Waals surface area (Å²) in [5.41, 5.74) is 1.04. The van der Waals surface area contributed by atoms with Gasteiger partial charge in [0.1, 0.15) is 22.1 Å². The van der Waals surface area contributed by atoms with Gasteiger partial charge in [-0.3, -0.25) is 19.0 Å². The van der Waals surface area contributed by atoms with E-state index in [2.05, 4.69) is 15.5 Å². The van der Waals surface area contributed by atoms with Gasteiger partial charge in [-0.2, -0.15) is 8.42 Å². The number of aromatic nitrogens is 2. The predicted octanol–water partition coefficient (Wildman–Crippen LogP) is 2.05. The molecule has 36 heavy (non-hydrogen) atoms. The molecule has 0 aliphatic carbocycles. The van der Waals surface area contributed by atoms with Crippen molar-refractivity contribution in [2.45, 2.75) is 33.8 Å². The van der Waals surface area contributed by atoms with Gasteiger partial charge >= 0.3 is 5.97 Å². The van der Waals surface area contributed by atoms with Gasteiger partial charge in [0.25, 0.3) is 16.0 Å². The van der Waals surface area contributed by atoms with Crippen molar-refractivity contribution in [2.24, 2.45) is 0 Å². The van der Waals surface area contributed by atoms with Crippen molar-refractivity contribution in [1.29, 1.82) is 0 Å². The Morgan fingerprint density at radius 3 is 2.56 bits per heavy atom. The van der Waals surface area contributed by atoms with Gasteiger partial charge in [-0.25, -0.2) is 4.79 Å². The van der Waals surface area contributed by atoms with E-state index in [1.54, 1.807) is 6.92 Å². The molecule has 11 nitrogen and oxygen atoms in total. The normalized spacial score (nSPS) is 20.5. The molecule has 1 aromatic carbocycles. The lowest BCUT2D eigenvalue weighted by atomic mass is 10.0. The largest absolute Gasteiger partial charge is 0.477 e. The minimum Gasteiger partial charge on any atom is -0.477 e. The number of β-lactam (4-membered cyclic amide) rings is 1. The summed E-state index contributed by atoms with van der Waals surface area (Å²) in [7, 11) is -4.87. The zero-order valence-corrected chi connectivity index (χ0v) is 22.5. The van der Waals surface area contributed by atoms with Crippen molar-refractivity contribution < 1.29 is 32.5 Å². The molecule has 0 spiro atoms. The molecule has 0 bridgehead atoms. The van der Waals surface area contributed by atoms with E-state index in [9.17, 15) is 32.5 Å². The van der Waals surface area contributed by atoms with Crippen LogP contribution in [0.1, 0.15) is 21.4 Å². The average Bonchev–Trinajstić information content (AvgIpc) is 3.25. The lowest BCUT2D eigenvalue weighted by molar-refractivity contribution is -0.150. The van der Waals surface area contributed by atoms with Gasteiger partial charge < -0.3 is 10.4 Å². The first-order chi connectivity index (χ1) is 17.0. The number of aryl methyl sites for hydroxylation is 1. The van der Waals surface area contributed by atoms with Crippen LogP contribution in [0.15, 0.2) is 39.9 Å². The zero-order valence-electron chi connectivity index (χ0n) is 18.5. The number of hydrogen-bond acceptors (Lipinski definition) is 10. The van der Waals surface area contributed by atoms with Gasteiger partial charge in [0.05, 0.1) is 0 Å². The monoisotopic (exact) mass is 590 g/mol. The molecule has 3 unspecified atom stereocenters. The maximum absolute atomic E-state index is 12.9. The number of benzene rings is 1. The molecule has 1 saturated heterocycles. The van der Waals surface area contributed by atoms with Crippen LogP contribution in [0.5, 0.6) is 0 Å². The first-order valence-corrected chi connectivity index (χ1v) is 15.1. The minimum absolute atomic E-state index is 0.00105. The molecular formula is C20H19ClN4O7S4. The van der Waals surface area contributed by atoms with E-state index in [4.69, 9.17) is 11.6 Å². The number of alkyl halides is 1. The standard InChI is InChI=1S/C20H19ClN4O7S4/c1-9-23-24-20(35-9)34-8-12-7-33-18-13(17(27)25(18)14(12)19(28)29)22-16(26)15(36(30,31)32)11-4-2-10(6-21)3-5-11/h2-5,13,15,18H,6-8H2,1H3,(H,22,26)(H,28,29)(H,30,31,32). The van der Waals surface area contributed by atoms with Gasteiger partial charge in [-0.05, 0) is 23.6 Å². The van der Waals surface area contributed by atoms with Gasteiger partial charge in [0, 0.05) is 17.4 Å². The molecule has 3 N–H and O–H groups in total. The van der Waals surface area contributed by atoms with E-state index in [1.807, 2.05) is 0 Å². The van der Waals surface area contributed by atoms with Gasteiger partial charge in [0.15, 0.2) is 9.59 Å². The fraction of sp³-hybridized carbons (Fsp3) is 0.350. The lowest BCUT2D eigenvalue weighted by Crippen LogP contribution is -2.71. The highest BCUT2D eigenvalue weighted by Gasteiger charge is 2.55. The van der Waals surface area contributed by atoms with Crippen LogP contribution in [0.2, 0.25) is 0 Å². The first kappa shape index (κ1) is 26.9. The SMILES string of the molecule is Cc1nnc(SCC2=C(C(=O)O)N3C(=O)C(NC(=O)C(c4ccc(CCl)cc4)S(=O)(=O)O)C3SC2)s1. The Bertz CT molecular complexity index is 1350. The number of nitrogens with zero attached hydrogens (tertiary/aromatic N) is 3. The molecule has 2 aliphatic heterocycles. The third-order valence-corrected chi connectivity index (χ3v) is 10.2. The number of carboxylic acids is 1. The topological polar surface area (TPSA) is 167 Å². The second-order valence-electron chi connectivity index (χ2n) is 7.80. The molecule has 2 aliphatic rings. The summed E-state index contributed by atoms with van der Waals surface area (Å²) >= 11 is 9.68. The average molecular weight is 591 g/mol. The van der Waals surface area contributed by atoms with E-state index >= 15 is 0 Å². The van der Waals surface area contributed by atoms with Crippen LogP contribution in [0.4, 0.5) is 0 Å². The highest BCUT2D eigenvalue weighted by Crippen LogP contribution is 2.42. The van der Waals surface area contributed by atoms with Crippen LogP contribution in [0.3, 0.4) is 0 Å². The molecule has 0 radical (unpaired) electrons. The maximum atomic E-state index is 12.9. The predicted molar refractivity (Wildman–Crippen MR) is 135 cm³/mol. The summed E-state index contributed by atoms with van der Waals surface area (Å²) in [5, 5.41) is 18.2. The number of carbonyl (C=O) groups excluding carboxylic acids is 2. The summed E-state index contributed by atoms with van der Waals surface area (Å²) in [4.78, 5) is 38.9. The number of hydrogen-bond donors (Lipinski definition) is 3.